The molecule has 34 heavy (non-hydrogen) atoms. The number of amides is 1. The van der Waals surface area contributed by atoms with E-state index in [1.807, 2.05) is 18.2 Å². The monoisotopic (exact) mass is 499 g/mol. The van der Waals surface area contributed by atoms with Gasteiger partial charge in [0.2, 0.25) is 5.91 Å². The third kappa shape index (κ3) is 6.03. The maximum atomic E-state index is 12.5. The number of carbonyl (C=O) groups excluding carboxylic acids is 1. The summed E-state index contributed by atoms with van der Waals surface area (Å²) in [5, 5.41) is 3.91. The molecule has 2 aromatic carbocycles. The van der Waals surface area contributed by atoms with E-state index in [2.05, 4.69) is 37.2 Å². The summed E-state index contributed by atoms with van der Waals surface area (Å²) in [7, 11) is 3.22. The van der Waals surface area contributed by atoms with E-state index >= 15 is 0 Å². The SMILES string of the molecule is COc1ccc(N2CCN(c3ccnc(SCC(=O)Nc4cc(Cl)ccc4OC)n3)CC2)cc1. The predicted molar refractivity (Wildman–Crippen MR) is 137 cm³/mol. The molecule has 0 unspecified atom stereocenters. The van der Waals surface area contributed by atoms with Crippen LogP contribution in [0.25, 0.3) is 0 Å². The molecule has 0 radical (unpaired) electrons. The number of benzene rings is 2. The quantitative estimate of drug-likeness (QED) is 0.365. The number of ether oxygens (including phenoxy) is 2. The number of anilines is 3. The number of thioether (sulfide) groups is 1. The first kappa shape index (κ1) is 24.0. The average molecular weight is 500 g/mol. The van der Waals surface area contributed by atoms with Crippen molar-refractivity contribution in [3.63, 3.8) is 0 Å². The molecule has 0 spiro atoms. The summed E-state index contributed by atoms with van der Waals surface area (Å²) in [6.07, 6.45) is 1.73. The lowest BCUT2D eigenvalue weighted by atomic mass is 10.2. The van der Waals surface area contributed by atoms with E-state index in [-0.39, 0.29) is 11.7 Å². The molecule has 0 atom stereocenters. The maximum Gasteiger partial charge on any atom is 0.234 e. The molecule has 1 aliphatic rings. The largest absolute Gasteiger partial charge is 0.497 e. The minimum atomic E-state index is -0.187. The van der Waals surface area contributed by atoms with Crippen molar-refractivity contribution in [2.45, 2.75) is 5.16 Å². The van der Waals surface area contributed by atoms with Crippen molar-refractivity contribution in [3.8, 4) is 11.5 Å². The van der Waals surface area contributed by atoms with Gasteiger partial charge in [0.15, 0.2) is 5.16 Å². The fraction of sp³-hybridized carbons (Fsp3) is 0.292. The van der Waals surface area contributed by atoms with Crippen molar-refractivity contribution in [2.24, 2.45) is 0 Å². The zero-order chi connectivity index (χ0) is 23.9. The van der Waals surface area contributed by atoms with Crippen LogP contribution in [0.4, 0.5) is 17.2 Å². The molecule has 1 aromatic heterocycles. The summed E-state index contributed by atoms with van der Waals surface area (Å²) in [6, 6.07) is 15.1. The van der Waals surface area contributed by atoms with Crippen molar-refractivity contribution in [3.05, 3.63) is 59.8 Å². The first-order valence-corrected chi connectivity index (χ1v) is 12.2. The Morgan fingerprint density at radius 2 is 1.76 bits per heavy atom. The van der Waals surface area contributed by atoms with Gasteiger partial charge in [-0.3, -0.25) is 4.79 Å². The fourth-order valence-corrected chi connectivity index (χ4v) is 4.46. The Morgan fingerprint density at radius 3 is 2.47 bits per heavy atom. The third-order valence-electron chi connectivity index (χ3n) is 5.43. The minimum Gasteiger partial charge on any atom is -0.497 e. The molecular weight excluding hydrogens is 474 g/mol. The summed E-state index contributed by atoms with van der Waals surface area (Å²) in [5.41, 5.74) is 1.71. The predicted octanol–water partition coefficient (Wildman–Crippen LogP) is 4.20. The van der Waals surface area contributed by atoms with E-state index in [0.29, 0.717) is 21.6 Å². The van der Waals surface area contributed by atoms with Gasteiger partial charge in [-0.1, -0.05) is 23.4 Å². The van der Waals surface area contributed by atoms with Gasteiger partial charge < -0.3 is 24.6 Å². The van der Waals surface area contributed by atoms with Crippen LogP contribution in [-0.2, 0) is 4.79 Å². The van der Waals surface area contributed by atoms with Crippen LogP contribution in [0.5, 0.6) is 11.5 Å². The number of hydrogen-bond acceptors (Lipinski definition) is 8. The molecule has 178 valence electrons. The number of carbonyl (C=O) groups is 1. The van der Waals surface area contributed by atoms with Gasteiger partial charge in [0, 0.05) is 43.1 Å². The minimum absolute atomic E-state index is 0.171. The van der Waals surface area contributed by atoms with Crippen molar-refractivity contribution in [1.82, 2.24) is 9.97 Å². The molecular formula is C24H26ClN5O3S. The summed E-state index contributed by atoms with van der Waals surface area (Å²) in [6.45, 7) is 3.48. The molecule has 4 rings (SSSR count). The zero-order valence-corrected chi connectivity index (χ0v) is 20.6. The number of nitrogens with zero attached hydrogens (tertiary/aromatic N) is 4. The van der Waals surface area contributed by atoms with Crippen LogP contribution in [0.3, 0.4) is 0 Å². The number of hydrogen-bond donors (Lipinski definition) is 1. The van der Waals surface area contributed by atoms with Crippen LogP contribution >= 0.6 is 23.4 Å². The van der Waals surface area contributed by atoms with Gasteiger partial charge in [-0.05, 0) is 48.5 Å². The summed E-state index contributed by atoms with van der Waals surface area (Å²) in [5.74, 6) is 2.25. The molecule has 0 aliphatic carbocycles. The third-order valence-corrected chi connectivity index (χ3v) is 6.52. The topological polar surface area (TPSA) is 79.8 Å². The average Bonchev–Trinajstić information content (AvgIpc) is 2.88. The Bertz CT molecular complexity index is 1120. The normalized spacial score (nSPS) is 13.5. The number of piperazine rings is 1. The van der Waals surface area contributed by atoms with E-state index in [0.717, 1.165) is 37.7 Å². The first-order valence-electron chi connectivity index (χ1n) is 10.8. The van der Waals surface area contributed by atoms with Gasteiger partial charge in [-0.15, -0.1) is 0 Å². The van der Waals surface area contributed by atoms with Crippen molar-refractivity contribution < 1.29 is 14.3 Å². The lowest BCUT2D eigenvalue weighted by Crippen LogP contribution is -2.46. The second kappa shape index (κ2) is 11.3. The number of rotatable bonds is 8. The van der Waals surface area contributed by atoms with Gasteiger partial charge in [0.05, 0.1) is 25.7 Å². The number of nitrogens with one attached hydrogen (secondary N) is 1. The highest BCUT2D eigenvalue weighted by Gasteiger charge is 2.19. The van der Waals surface area contributed by atoms with Crippen LogP contribution in [0.15, 0.2) is 59.9 Å². The van der Waals surface area contributed by atoms with Gasteiger partial charge in [0.25, 0.3) is 0 Å². The van der Waals surface area contributed by atoms with Crippen molar-refractivity contribution >= 4 is 46.5 Å². The molecule has 1 N–H and O–H groups in total. The fourth-order valence-electron chi connectivity index (χ4n) is 3.66. The summed E-state index contributed by atoms with van der Waals surface area (Å²) >= 11 is 7.32. The smallest absolute Gasteiger partial charge is 0.234 e. The van der Waals surface area contributed by atoms with E-state index < -0.39 is 0 Å². The maximum absolute atomic E-state index is 12.5. The van der Waals surface area contributed by atoms with Gasteiger partial charge in [-0.25, -0.2) is 9.97 Å². The van der Waals surface area contributed by atoms with Gasteiger partial charge in [-0.2, -0.15) is 0 Å². The number of methoxy groups -OCH3 is 2. The molecule has 1 fully saturated rings. The van der Waals surface area contributed by atoms with Crippen LogP contribution in [0, 0.1) is 0 Å². The lowest BCUT2D eigenvalue weighted by Gasteiger charge is -2.36. The Kier molecular flexibility index (Phi) is 7.97. The van der Waals surface area contributed by atoms with Crippen molar-refractivity contribution in [2.75, 3.05) is 61.3 Å². The molecule has 3 aromatic rings. The van der Waals surface area contributed by atoms with E-state index in [9.17, 15) is 4.79 Å². The summed E-state index contributed by atoms with van der Waals surface area (Å²) in [4.78, 5) is 26.0. The number of aromatic nitrogens is 2. The Balaban J connectivity index is 1.31. The second-order valence-electron chi connectivity index (χ2n) is 7.55. The van der Waals surface area contributed by atoms with Crippen LogP contribution in [-0.4, -0.2) is 62.0 Å². The highest BCUT2D eigenvalue weighted by Crippen LogP contribution is 2.28. The Morgan fingerprint density at radius 1 is 1.03 bits per heavy atom. The van der Waals surface area contributed by atoms with Crippen LogP contribution < -0.4 is 24.6 Å². The standard InChI is InChI=1S/C24H26ClN5O3S/c1-32-19-6-4-18(5-7-19)29-11-13-30(14-12-29)22-9-10-26-24(28-22)34-16-23(31)27-20-15-17(25)3-8-21(20)33-2/h3-10,15H,11-14,16H2,1-2H3,(H,27,31). The molecule has 0 saturated carbocycles. The van der Waals surface area contributed by atoms with Gasteiger partial charge >= 0.3 is 0 Å². The molecule has 1 amide bonds. The van der Waals surface area contributed by atoms with Gasteiger partial charge in [0.1, 0.15) is 17.3 Å². The first-order chi connectivity index (χ1) is 16.6. The van der Waals surface area contributed by atoms with E-state index in [1.165, 1.54) is 17.4 Å². The Hall–Kier alpha value is -3.17. The summed E-state index contributed by atoms with van der Waals surface area (Å²) < 4.78 is 10.5. The van der Waals surface area contributed by atoms with Crippen molar-refractivity contribution in [1.29, 1.82) is 0 Å². The highest BCUT2D eigenvalue weighted by molar-refractivity contribution is 7.99. The molecule has 0 bridgehead atoms. The van der Waals surface area contributed by atoms with Crippen LogP contribution in [0.1, 0.15) is 0 Å². The molecule has 2 heterocycles. The zero-order valence-electron chi connectivity index (χ0n) is 19.0. The van der Waals surface area contributed by atoms with E-state index in [1.54, 1.807) is 38.6 Å². The van der Waals surface area contributed by atoms with Crippen LogP contribution in [0.2, 0.25) is 5.02 Å². The highest BCUT2D eigenvalue weighted by atomic mass is 35.5. The molecule has 10 heteroatoms. The molecule has 8 nitrogen and oxygen atoms in total. The Labute approximate surface area is 208 Å². The lowest BCUT2D eigenvalue weighted by molar-refractivity contribution is -0.113. The number of halogens is 1. The molecule has 1 aliphatic heterocycles. The molecule has 1 saturated heterocycles. The van der Waals surface area contributed by atoms with E-state index in [4.69, 9.17) is 21.1 Å². The second-order valence-corrected chi connectivity index (χ2v) is 8.93.